The largest absolute Gasteiger partial charge is 0.306 e. The summed E-state index contributed by atoms with van der Waals surface area (Å²) < 4.78 is 0. The first-order valence-electron chi connectivity index (χ1n) is 7.30. The number of rotatable bonds is 5. The molecule has 2 aliphatic heterocycles. The molecule has 0 aliphatic carbocycles. The van der Waals surface area contributed by atoms with E-state index in [9.17, 15) is 9.59 Å². The SMILES string of the molecule is CCC(C)N1C(=O)CC(NCC2CCN(C)C2)C1=O. The van der Waals surface area contributed by atoms with E-state index >= 15 is 0 Å². The van der Waals surface area contributed by atoms with Gasteiger partial charge in [0.2, 0.25) is 11.8 Å². The molecular formula is C14H25N3O2. The molecule has 108 valence electrons. The van der Waals surface area contributed by atoms with Crippen LogP contribution in [0.25, 0.3) is 0 Å². The van der Waals surface area contributed by atoms with E-state index in [0.717, 1.165) is 26.1 Å². The minimum atomic E-state index is -0.299. The summed E-state index contributed by atoms with van der Waals surface area (Å²) in [6.45, 7) is 6.98. The normalized spacial score (nSPS) is 30.4. The zero-order valence-electron chi connectivity index (χ0n) is 12.2. The fourth-order valence-electron chi connectivity index (χ4n) is 2.96. The van der Waals surface area contributed by atoms with E-state index in [1.54, 1.807) is 0 Å². The second kappa shape index (κ2) is 6.01. The Bertz CT molecular complexity index is 359. The number of hydrogen-bond donors (Lipinski definition) is 1. The lowest BCUT2D eigenvalue weighted by atomic mass is 10.1. The Morgan fingerprint density at radius 2 is 2.16 bits per heavy atom. The number of nitrogens with zero attached hydrogens (tertiary/aromatic N) is 2. The molecule has 2 rings (SSSR count). The molecule has 3 unspecified atom stereocenters. The van der Waals surface area contributed by atoms with E-state index in [0.29, 0.717) is 12.3 Å². The molecule has 5 heteroatoms. The van der Waals surface area contributed by atoms with Gasteiger partial charge in [0, 0.05) is 12.6 Å². The Hall–Kier alpha value is -0.940. The van der Waals surface area contributed by atoms with Crippen LogP contribution in [0.15, 0.2) is 0 Å². The van der Waals surface area contributed by atoms with Crippen molar-refractivity contribution in [2.45, 2.75) is 45.2 Å². The van der Waals surface area contributed by atoms with Crippen LogP contribution >= 0.6 is 0 Å². The fraction of sp³-hybridized carbons (Fsp3) is 0.857. The van der Waals surface area contributed by atoms with Crippen LogP contribution in [-0.4, -0.2) is 60.4 Å². The highest BCUT2D eigenvalue weighted by Crippen LogP contribution is 2.19. The highest BCUT2D eigenvalue weighted by Gasteiger charge is 2.40. The van der Waals surface area contributed by atoms with Gasteiger partial charge in [-0.3, -0.25) is 14.5 Å². The average molecular weight is 267 g/mol. The van der Waals surface area contributed by atoms with E-state index in [4.69, 9.17) is 0 Å². The number of likely N-dealkylation sites (tertiary alicyclic amines) is 2. The van der Waals surface area contributed by atoms with Gasteiger partial charge in [-0.1, -0.05) is 6.92 Å². The summed E-state index contributed by atoms with van der Waals surface area (Å²) in [5, 5.41) is 3.29. The number of nitrogens with one attached hydrogen (secondary N) is 1. The summed E-state index contributed by atoms with van der Waals surface area (Å²) in [6, 6.07) is -0.281. The number of carbonyl (C=O) groups is 2. The van der Waals surface area contributed by atoms with Gasteiger partial charge in [-0.25, -0.2) is 0 Å². The van der Waals surface area contributed by atoms with Crippen LogP contribution in [0, 0.1) is 5.92 Å². The lowest BCUT2D eigenvalue weighted by Crippen LogP contribution is -2.43. The predicted molar refractivity (Wildman–Crippen MR) is 73.6 cm³/mol. The lowest BCUT2D eigenvalue weighted by molar-refractivity contribution is -0.141. The summed E-state index contributed by atoms with van der Waals surface area (Å²) in [7, 11) is 2.12. The monoisotopic (exact) mass is 267 g/mol. The minimum absolute atomic E-state index is 0.0180. The zero-order chi connectivity index (χ0) is 14.0. The van der Waals surface area contributed by atoms with Gasteiger partial charge in [-0.05, 0) is 45.8 Å². The molecule has 3 atom stereocenters. The molecule has 0 radical (unpaired) electrons. The van der Waals surface area contributed by atoms with Crippen LogP contribution < -0.4 is 5.32 Å². The maximum atomic E-state index is 12.2. The summed E-state index contributed by atoms with van der Waals surface area (Å²) in [4.78, 5) is 27.9. The standard InChI is InChI=1S/C14H25N3O2/c1-4-10(2)17-13(18)7-12(14(17)19)15-8-11-5-6-16(3)9-11/h10-12,15H,4-9H2,1-3H3. The van der Waals surface area contributed by atoms with Crippen molar-refractivity contribution in [3.05, 3.63) is 0 Å². The molecule has 0 saturated carbocycles. The first kappa shape index (κ1) is 14.5. The van der Waals surface area contributed by atoms with E-state index < -0.39 is 0 Å². The third-order valence-corrected chi connectivity index (χ3v) is 4.36. The number of carbonyl (C=O) groups excluding carboxylic acids is 2. The molecule has 0 spiro atoms. The smallest absolute Gasteiger partial charge is 0.247 e. The topological polar surface area (TPSA) is 52.7 Å². The minimum Gasteiger partial charge on any atom is -0.306 e. The third-order valence-electron chi connectivity index (χ3n) is 4.36. The molecular weight excluding hydrogens is 242 g/mol. The van der Waals surface area contributed by atoms with Crippen molar-refractivity contribution < 1.29 is 9.59 Å². The van der Waals surface area contributed by atoms with E-state index in [2.05, 4.69) is 17.3 Å². The molecule has 19 heavy (non-hydrogen) atoms. The van der Waals surface area contributed by atoms with E-state index in [-0.39, 0.29) is 23.9 Å². The molecule has 0 aromatic carbocycles. The van der Waals surface area contributed by atoms with Gasteiger partial charge in [0.15, 0.2) is 0 Å². The van der Waals surface area contributed by atoms with E-state index in [1.807, 2.05) is 13.8 Å². The Morgan fingerprint density at radius 3 is 2.74 bits per heavy atom. The molecule has 2 amide bonds. The summed E-state index contributed by atoms with van der Waals surface area (Å²) in [5.74, 6) is 0.539. The second-order valence-corrected chi connectivity index (χ2v) is 5.94. The molecule has 2 heterocycles. The van der Waals surface area contributed by atoms with Gasteiger partial charge in [0.05, 0.1) is 12.5 Å². The maximum Gasteiger partial charge on any atom is 0.247 e. The molecule has 0 aromatic rings. The van der Waals surface area contributed by atoms with Crippen molar-refractivity contribution >= 4 is 11.8 Å². The molecule has 0 bridgehead atoms. The molecule has 2 fully saturated rings. The van der Waals surface area contributed by atoms with Crippen molar-refractivity contribution in [2.24, 2.45) is 5.92 Å². The zero-order valence-corrected chi connectivity index (χ0v) is 12.2. The Kier molecular flexibility index (Phi) is 4.58. The maximum absolute atomic E-state index is 12.2. The summed E-state index contributed by atoms with van der Waals surface area (Å²) in [6.07, 6.45) is 2.32. The van der Waals surface area contributed by atoms with Crippen LogP contribution in [0.5, 0.6) is 0 Å². The van der Waals surface area contributed by atoms with Gasteiger partial charge < -0.3 is 10.2 Å². The molecule has 0 aromatic heterocycles. The van der Waals surface area contributed by atoms with Crippen LogP contribution in [0.2, 0.25) is 0 Å². The first-order chi connectivity index (χ1) is 9.02. The van der Waals surface area contributed by atoms with Gasteiger partial charge in [0.25, 0.3) is 0 Å². The quantitative estimate of drug-likeness (QED) is 0.735. The average Bonchev–Trinajstić information content (AvgIpc) is 2.90. The number of imide groups is 1. The van der Waals surface area contributed by atoms with Crippen molar-refractivity contribution in [1.29, 1.82) is 0 Å². The fourth-order valence-corrected chi connectivity index (χ4v) is 2.96. The van der Waals surface area contributed by atoms with Crippen molar-refractivity contribution in [3.8, 4) is 0 Å². The van der Waals surface area contributed by atoms with Gasteiger partial charge in [-0.15, -0.1) is 0 Å². The van der Waals surface area contributed by atoms with Crippen molar-refractivity contribution in [3.63, 3.8) is 0 Å². The van der Waals surface area contributed by atoms with Gasteiger partial charge in [0.1, 0.15) is 0 Å². The Morgan fingerprint density at radius 1 is 1.42 bits per heavy atom. The van der Waals surface area contributed by atoms with Gasteiger partial charge >= 0.3 is 0 Å². The number of hydrogen-bond acceptors (Lipinski definition) is 4. The Balaban J connectivity index is 1.85. The number of amides is 2. The van der Waals surface area contributed by atoms with Crippen molar-refractivity contribution in [2.75, 3.05) is 26.7 Å². The molecule has 2 aliphatic rings. The molecule has 2 saturated heterocycles. The third kappa shape index (κ3) is 3.15. The summed E-state index contributed by atoms with van der Waals surface area (Å²) in [5.41, 5.74) is 0. The van der Waals surface area contributed by atoms with Gasteiger partial charge in [-0.2, -0.15) is 0 Å². The Labute approximate surface area is 115 Å². The van der Waals surface area contributed by atoms with Crippen LogP contribution in [0.3, 0.4) is 0 Å². The molecule has 1 N–H and O–H groups in total. The van der Waals surface area contributed by atoms with E-state index in [1.165, 1.54) is 11.3 Å². The van der Waals surface area contributed by atoms with Crippen LogP contribution in [0.1, 0.15) is 33.1 Å². The second-order valence-electron chi connectivity index (χ2n) is 5.94. The lowest BCUT2D eigenvalue weighted by Gasteiger charge is -2.22. The molecule has 5 nitrogen and oxygen atoms in total. The first-order valence-corrected chi connectivity index (χ1v) is 7.30. The predicted octanol–water partition coefficient (Wildman–Crippen LogP) is 0.454. The highest BCUT2D eigenvalue weighted by molar-refractivity contribution is 6.05. The van der Waals surface area contributed by atoms with Crippen molar-refractivity contribution in [1.82, 2.24) is 15.1 Å². The highest BCUT2D eigenvalue weighted by atomic mass is 16.2. The van der Waals surface area contributed by atoms with Crippen LogP contribution in [-0.2, 0) is 9.59 Å². The van der Waals surface area contributed by atoms with Crippen LogP contribution in [0.4, 0.5) is 0 Å². The summed E-state index contributed by atoms with van der Waals surface area (Å²) >= 11 is 0.